The maximum absolute atomic E-state index is 11.1. The second-order valence-corrected chi connectivity index (χ2v) is 16.6. The van der Waals surface area contributed by atoms with Crippen molar-refractivity contribution in [2.45, 2.75) is 166 Å². The Bertz CT molecular complexity index is 1220. The van der Waals surface area contributed by atoms with Gasteiger partial charge in [-0.15, -0.1) is 0 Å². The van der Waals surface area contributed by atoms with Crippen molar-refractivity contribution >= 4 is 0 Å². The van der Waals surface area contributed by atoms with E-state index in [9.17, 15) is 40.9 Å². The first-order chi connectivity index (χ1) is 24.2. The zero-order valence-corrected chi connectivity index (χ0v) is 30.8. The molecule has 5 fully saturated rings. The first-order valence-electron chi connectivity index (χ1n) is 19.2. The van der Waals surface area contributed by atoms with Gasteiger partial charge in [-0.25, -0.2) is 0 Å². The molecule has 292 valence electrons. The Hall–Kier alpha value is -1.26. The van der Waals surface area contributed by atoms with Crippen LogP contribution in [-0.2, 0) is 18.9 Å². The molecule has 3 saturated carbocycles. The molecule has 5 rings (SSSR count). The molecule has 2 saturated heterocycles. The molecule has 0 aromatic rings. The zero-order valence-electron chi connectivity index (χ0n) is 30.8. The summed E-state index contributed by atoms with van der Waals surface area (Å²) in [6, 6.07) is 0. The maximum atomic E-state index is 11.1. The lowest BCUT2D eigenvalue weighted by Crippen LogP contribution is -2.65. The van der Waals surface area contributed by atoms with E-state index in [-0.39, 0.29) is 11.8 Å². The van der Waals surface area contributed by atoms with Crippen LogP contribution >= 0.6 is 0 Å². The normalized spacial score (nSPS) is 45.8. The van der Waals surface area contributed by atoms with Gasteiger partial charge < -0.3 is 59.8 Å². The lowest BCUT2D eigenvalue weighted by Gasteiger charge is -2.46. The molecule has 0 spiro atoms. The number of rotatable bonds is 12. The Morgan fingerprint density at radius 3 is 2.20 bits per heavy atom. The molecule has 2 aliphatic heterocycles. The first kappa shape index (κ1) is 40.9. The van der Waals surface area contributed by atoms with Gasteiger partial charge in [0, 0.05) is 6.42 Å². The van der Waals surface area contributed by atoms with Crippen molar-refractivity contribution < 1.29 is 59.8 Å². The van der Waals surface area contributed by atoms with Gasteiger partial charge in [0.05, 0.1) is 25.4 Å². The zero-order chi connectivity index (χ0) is 37.2. The summed E-state index contributed by atoms with van der Waals surface area (Å²) in [5.41, 5.74) is 3.23. The molecule has 0 aromatic heterocycles. The second-order valence-electron chi connectivity index (χ2n) is 16.6. The molecular formula is C39H64O12. The standard InChI is InChI=1S/C39H64O12/c1-20(2)8-6-9-21(3)26-13-14-27-23(10-7-15-39(26,27)5)11-12-24-16-25(17-28(42)22(24)4)48-37-35(47)33(45)36(30(19-41)50-37)51-38-34(46)32(44)31(43)29(18-40)49-38/h11-12,20-21,25-38,40-47H,4,6-10,13-19H2,1-3,5H3/b23-11+,24-12+/t21-,25-,26-,27+,28+,29-,30-,31-,32+,33-,34-,35-,36-,37-,38+,39-/m1/s1. The summed E-state index contributed by atoms with van der Waals surface area (Å²) in [6.45, 7) is 12.4. The summed E-state index contributed by atoms with van der Waals surface area (Å²) < 4.78 is 23.0. The van der Waals surface area contributed by atoms with Crippen molar-refractivity contribution in [2.24, 2.45) is 29.1 Å². The Morgan fingerprint density at radius 2 is 1.51 bits per heavy atom. The molecule has 0 amide bonds. The predicted octanol–water partition coefficient (Wildman–Crippen LogP) is 2.24. The predicted molar refractivity (Wildman–Crippen MR) is 188 cm³/mol. The van der Waals surface area contributed by atoms with Crippen LogP contribution < -0.4 is 0 Å². The number of ether oxygens (including phenoxy) is 4. The van der Waals surface area contributed by atoms with Gasteiger partial charge in [-0.05, 0) is 78.8 Å². The van der Waals surface area contributed by atoms with Gasteiger partial charge >= 0.3 is 0 Å². The summed E-state index contributed by atoms with van der Waals surface area (Å²) in [5.74, 6) is 2.70. The maximum Gasteiger partial charge on any atom is 0.187 e. The summed E-state index contributed by atoms with van der Waals surface area (Å²) in [5, 5.41) is 83.3. The molecule has 16 atom stereocenters. The van der Waals surface area contributed by atoms with Gasteiger partial charge in [0.2, 0.25) is 0 Å². The number of hydrogen-bond acceptors (Lipinski definition) is 12. The number of fused-ring (bicyclic) bond motifs is 1. The largest absolute Gasteiger partial charge is 0.394 e. The molecule has 0 radical (unpaired) electrons. The highest BCUT2D eigenvalue weighted by atomic mass is 16.7. The third-order valence-electron chi connectivity index (χ3n) is 12.7. The highest BCUT2D eigenvalue weighted by molar-refractivity contribution is 5.39. The van der Waals surface area contributed by atoms with Gasteiger partial charge in [0.15, 0.2) is 12.6 Å². The van der Waals surface area contributed by atoms with Crippen LogP contribution in [0.1, 0.15) is 91.9 Å². The minimum atomic E-state index is -1.75. The topological polar surface area (TPSA) is 199 Å². The molecule has 0 unspecified atom stereocenters. The average molecular weight is 725 g/mol. The van der Waals surface area contributed by atoms with Gasteiger partial charge in [0.1, 0.15) is 48.8 Å². The average Bonchev–Trinajstić information content (AvgIpc) is 3.46. The Kier molecular flexibility index (Phi) is 14.0. The van der Waals surface area contributed by atoms with E-state index in [1.165, 1.54) is 50.5 Å². The van der Waals surface area contributed by atoms with Crippen molar-refractivity contribution in [3.8, 4) is 0 Å². The Labute approximate surface area is 302 Å². The number of aliphatic hydroxyl groups is 8. The van der Waals surface area contributed by atoms with Crippen LogP contribution in [0.3, 0.4) is 0 Å². The van der Waals surface area contributed by atoms with E-state index < -0.39 is 86.8 Å². The molecular weight excluding hydrogens is 660 g/mol. The first-order valence-corrected chi connectivity index (χ1v) is 19.2. The van der Waals surface area contributed by atoms with Gasteiger partial charge in [-0.1, -0.05) is 71.3 Å². The van der Waals surface area contributed by atoms with E-state index in [1.54, 1.807) is 0 Å². The van der Waals surface area contributed by atoms with Gasteiger partial charge in [0.25, 0.3) is 0 Å². The minimum absolute atomic E-state index is 0.196. The molecule has 12 nitrogen and oxygen atoms in total. The fourth-order valence-corrected chi connectivity index (χ4v) is 9.67. The highest BCUT2D eigenvalue weighted by Gasteiger charge is 2.52. The van der Waals surface area contributed by atoms with E-state index in [4.69, 9.17) is 18.9 Å². The Balaban J connectivity index is 1.23. The van der Waals surface area contributed by atoms with E-state index in [2.05, 4.69) is 46.4 Å². The summed E-state index contributed by atoms with van der Waals surface area (Å²) >= 11 is 0. The van der Waals surface area contributed by atoms with Crippen molar-refractivity contribution in [3.63, 3.8) is 0 Å². The minimum Gasteiger partial charge on any atom is -0.394 e. The van der Waals surface area contributed by atoms with E-state index in [0.717, 1.165) is 23.8 Å². The van der Waals surface area contributed by atoms with Crippen LogP contribution in [0.2, 0.25) is 0 Å². The third kappa shape index (κ3) is 8.84. The Morgan fingerprint density at radius 1 is 0.843 bits per heavy atom. The number of aliphatic hydroxyl groups excluding tert-OH is 8. The van der Waals surface area contributed by atoms with Crippen molar-refractivity contribution in [3.05, 3.63) is 35.5 Å². The van der Waals surface area contributed by atoms with Crippen molar-refractivity contribution in [2.75, 3.05) is 13.2 Å². The highest BCUT2D eigenvalue weighted by Crippen LogP contribution is 2.60. The fraction of sp³-hybridized carbons (Fsp3) is 0.846. The van der Waals surface area contributed by atoms with E-state index in [0.29, 0.717) is 23.8 Å². The number of allylic oxidation sites excluding steroid dienone is 3. The molecule has 0 bridgehead atoms. The van der Waals surface area contributed by atoms with Crippen molar-refractivity contribution in [1.29, 1.82) is 0 Å². The summed E-state index contributed by atoms with van der Waals surface area (Å²) in [7, 11) is 0. The summed E-state index contributed by atoms with van der Waals surface area (Å²) in [4.78, 5) is 0. The lowest BCUT2D eigenvalue weighted by atomic mass is 9.60. The molecule has 8 N–H and O–H groups in total. The van der Waals surface area contributed by atoms with E-state index >= 15 is 0 Å². The van der Waals surface area contributed by atoms with Gasteiger partial charge in [-0.3, -0.25) is 0 Å². The molecule has 0 aromatic carbocycles. The van der Waals surface area contributed by atoms with Gasteiger partial charge in [-0.2, -0.15) is 0 Å². The monoisotopic (exact) mass is 724 g/mol. The summed E-state index contributed by atoms with van der Waals surface area (Å²) in [6.07, 6.45) is -2.09. The van der Waals surface area contributed by atoms with Crippen LogP contribution in [-0.4, -0.2) is 128 Å². The fourth-order valence-electron chi connectivity index (χ4n) is 9.67. The van der Waals surface area contributed by atoms with Crippen LogP contribution in [0, 0.1) is 29.1 Å². The number of hydrogen-bond donors (Lipinski definition) is 8. The van der Waals surface area contributed by atoms with Crippen LogP contribution in [0.4, 0.5) is 0 Å². The third-order valence-corrected chi connectivity index (χ3v) is 12.7. The quantitative estimate of drug-likeness (QED) is 0.146. The molecule has 2 heterocycles. The van der Waals surface area contributed by atoms with Crippen LogP contribution in [0.25, 0.3) is 0 Å². The molecule has 3 aliphatic carbocycles. The van der Waals surface area contributed by atoms with Crippen LogP contribution in [0.5, 0.6) is 0 Å². The SMILES string of the molecule is C=C1/C(=C/C=C2\CCC[C@]3(C)[C@@H]([C@H](C)CCCC(C)C)CC[C@@H]23)C[C@@H](O[C@@H]2O[C@H](CO)[C@@H](O[C@@H]3O[C@H](CO)[C@@H](O)[C@H](O)[C@H]3O)[C@H](O)[C@H]2O)C[C@@H]1O. The molecule has 51 heavy (non-hydrogen) atoms. The lowest BCUT2D eigenvalue weighted by molar-refractivity contribution is -0.363. The van der Waals surface area contributed by atoms with E-state index in [1.807, 2.05) is 0 Å². The smallest absolute Gasteiger partial charge is 0.187 e. The molecule has 5 aliphatic rings. The molecule has 12 heteroatoms. The van der Waals surface area contributed by atoms with Crippen molar-refractivity contribution in [1.82, 2.24) is 0 Å². The second kappa shape index (κ2) is 17.5. The van der Waals surface area contributed by atoms with Crippen LogP contribution in [0.15, 0.2) is 35.5 Å².